The molecule has 0 heterocycles. The minimum Gasteiger partial charge on any atom is -0.466 e. The van der Waals surface area contributed by atoms with Gasteiger partial charge in [0.1, 0.15) is 0 Å². The van der Waals surface area contributed by atoms with Crippen LogP contribution >= 0.6 is 0 Å². The summed E-state index contributed by atoms with van der Waals surface area (Å²) in [6.07, 6.45) is 49.9. The molecule has 0 aliphatic heterocycles. The summed E-state index contributed by atoms with van der Waals surface area (Å²) in [7, 11) is 0. The molecular weight excluding hydrogens is 659 g/mol. The van der Waals surface area contributed by atoms with E-state index in [9.17, 15) is 19.8 Å². The highest BCUT2D eigenvalue weighted by Crippen LogP contribution is 2.13. The summed E-state index contributed by atoms with van der Waals surface area (Å²) in [5.41, 5.74) is 0. The molecule has 0 radical (unpaired) electrons. The molecule has 0 spiro atoms. The topological polar surface area (TPSA) is 95.9 Å². The number of unbranched alkanes of at least 4 members (excludes halogenated alkanes) is 26. The summed E-state index contributed by atoms with van der Waals surface area (Å²) in [6.45, 7) is 4.77. The molecule has 0 aromatic heterocycles. The maximum atomic E-state index is 12.3. The first-order valence-electron chi connectivity index (χ1n) is 22.8. The van der Waals surface area contributed by atoms with E-state index in [1.54, 1.807) is 6.08 Å². The van der Waals surface area contributed by atoms with E-state index in [-0.39, 0.29) is 18.5 Å². The van der Waals surface area contributed by atoms with Crippen molar-refractivity contribution in [1.29, 1.82) is 0 Å². The monoisotopic (exact) mass is 746 g/mol. The Hall–Kier alpha value is -1.92. The zero-order chi connectivity index (χ0) is 38.7. The number of amides is 1. The average molecular weight is 746 g/mol. The Labute approximate surface area is 328 Å². The molecule has 0 saturated heterocycles. The number of aliphatic hydroxyl groups is 2. The Bertz CT molecular complexity index is 869. The fraction of sp³-hybridized carbons (Fsp3) is 0.830. The molecule has 2 unspecified atom stereocenters. The largest absolute Gasteiger partial charge is 0.466 e. The van der Waals surface area contributed by atoms with E-state index < -0.39 is 12.1 Å². The Morgan fingerprint density at radius 3 is 1.34 bits per heavy atom. The number of hydrogen-bond donors (Lipinski definition) is 3. The quantitative estimate of drug-likeness (QED) is 0.0329. The Morgan fingerprint density at radius 2 is 0.887 bits per heavy atom. The summed E-state index contributed by atoms with van der Waals surface area (Å²) in [5.74, 6) is -0.155. The summed E-state index contributed by atoms with van der Waals surface area (Å²) < 4.78 is 5.41. The van der Waals surface area contributed by atoms with Crippen molar-refractivity contribution in [2.75, 3.05) is 13.2 Å². The second kappa shape index (κ2) is 42.8. The zero-order valence-electron chi connectivity index (χ0n) is 35.0. The van der Waals surface area contributed by atoms with Crippen LogP contribution in [0.25, 0.3) is 0 Å². The lowest BCUT2D eigenvalue weighted by Gasteiger charge is -2.20. The van der Waals surface area contributed by atoms with Crippen molar-refractivity contribution in [1.82, 2.24) is 5.32 Å². The van der Waals surface area contributed by atoms with Crippen molar-refractivity contribution in [3.8, 4) is 0 Å². The van der Waals surface area contributed by atoms with Gasteiger partial charge in [0, 0.05) is 12.8 Å². The van der Waals surface area contributed by atoms with Crippen LogP contribution in [0.2, 0.25) is 0 Å². The van der Waals surface area contributed by atoms with Gasteiger partial charge < -0.3 is 20.3 Å². The summed E-state index contributed by atoms with van der Waals surface area (Å²) in [6, 6.07) is -0.652. The molecule has 0 saturated carbocycles. The van der Waals surface area contributed by atoms with Gasteiger partial charge in [0.15, 0.2) is 0 Å². The minimum absolute atomic E-state index is 0.0478. The summed E-state index contributed by atoms with van der Waals surface area (Å²) in [5, 5.41) is 22.9. The van der Waals surface area contributed by atoms with Crippen LogP contribution in [0.3, 0.4) is 0 Å². The van der Waals surface area contributed by atoms with Crippen LogP contribution in [0.5, 0.6) is 0 Å². The molecule has 2 atom stereocenters. The van der Waals surface area contributed by atoms with Gasteiger partial charge in [0.2, 0.25) is 5.91 Å². The van der Waals surface area contributed by atoms with Crippen molar-refractivity contribution in [2.24, 2.45) is 0 Å². The van der Waals surface area contributed by atoms with Crippen molar-refractivity contribution in [3.63, 3.8) is 0 Å². The first kappa shape index (κ1) is 51.1. The molecule has 0 bridgehead atoms. The molecule has 6 nitrogen and oxygen atoms in total. The van der Waals surface area contributed by atoms with E-state index in [1.807, 2.05) is 6.08 Å². The molecule has 53 heavy (non-hydrogen) atoms. The van der Waals surface area contributed by atoms with Gasteiger partial charge in [-0.05, 0) is 83.5 Å². The number of ether oxygens (including phenoxy) is 1. The standard InChI is InChI=1S/C47H87NO5/c1-3-5-7-9-11-13-15-16-17-18-20-25-29-33-37-41-47(52)53-42-38-34-30-26-22-21-24-28-32-36-40-46(51)48-44(43-49)45(50)39-35-31-27-23-19-14-12-10-8-6-4-2/h16-17,22,26,35,39,44-45,49-50H,3-15,18-21,23-25,27-34,36-38,40-43H2,1-2H3,(H,48,51)/b17-16-,26-22-,39-35+. The highest BCUT2D eigenvalue weighted by Gasteiger charge is 2.18. The number of nitrogens with one attached hydrogen (secondary N) is 1. The van der Waals surface area contributed by atoms with E-state index in [4.69, 9.17) is 4.74 Å². The van der Waals surface area contributed by atoms with E-state index in [0.29, 0.717) is 19.4 Å². The van der Waals surface area contributed by atoms with Crippen LogP contribution in [-0.2, 0) is 14.3 Å². The second-order valence-electron chi connectivity index (χ2n) is 15.4. The fourth-order valence-electron chi connectivity index (χ4n) is 6.56. The lowest BCUT2D eigenvalue weighted by molar-refractivity contribution is -0.143. The zero-order valence-corrected chi connectivity index (χ0v) is 35.0. The van der Waals surface area contributed by atoms with Gasteiger partial charge in [0.25, 0.3) is 0 Å². The molecule has 0 rings (SSSR count). The van der Waals surface area contributed by atoms with Crippen molar-refractivity contribution >= 4 is 11.9 Å². The van der Waals surface area contributed by atoms with Crippen LogP contribution < -0.4 is 5.32 Å². The highest BCUT2D eigenvalue weighted by molar-refractivity contribution is 5.76. The van der Waals surface area contributed by atoms with Crippen LogP contribution in [0, 0.1) is 0 Å². The number of esters is 1. The maximum Gasteiger partial charge on any atom is 0.305 e. The van der Waals surface area contributed by atoms with Crippen molar-refractivity contribution in [3.05, 3.63) is 36.5 Å². The van der Waals surface area contributed by atoms with Crippen molar-refractivity contribution in [2.45, 2.75) is 238 Å². The van der Waals surface area contributed by atoms with Gasteiger partial charge in [-0.2, -0.15) is 0 Å². The number of hydrogen-bond acceptors (Lipinski definition) is 5. The highest BCUT2D eigenvalue weighted by atomic mass is 16.5. The molecule has 0 aromatic rings. The first-order valence-corrected chi connectivity index (χ1v) is 22.8. The number of allylic oxidation sites excluding steroid dienone is 5. The molecule has 0 aliphatic carbocycles. The van der Waals surface area contributed by atoms with E-state index in [2.05, 4.69) is 43.5 Å². The molecular formula is C47H87NO5. The van der Waals surface area contributed by atoms with Gasteiger partial charge in [0.05, 0.1) is 25.4 Å². The Balaban J connectivity index is 3.58. The van der Waals surface area contributed by atoms with Gasteiger partial charge in [-0.1, -0.05) is 166 Å². The molecule has 1 amide bonds. The maximum absolute atomic E-state index is 12.3. The van der Waals surface area contributed by atoms with Crippen LogP contribution in [0.1, 0.15) is 226 Å². The lowest BCUT2D eigenvalue weighted by Crippen LogP contribution is -2.45. The van der Waals surface area contributed by atoms with Gasteiger partial charge in [-0.3, -0.25) is 9.59 Å². The van der Waals surface area contributed by atoms with E-state index in [0.717, 1.165) is 77.0 Å². The summed E-state index contributed by atoms with van der Waals surface area (Å²) in [4.78, 5) is 24.3. The molecule has 310 valence electrons. The normalized spacial score (nSPS) is 13.1. The van der Waals surface area contributed by atoms with Gasteiger partial charge in [-0.25, -0.2) is 0 Å². The third-order valence-electron chi connectivity index (χ3n) is 10.1. The van der Waals surface area contributed by atoms with Crippen molar-refractivity contribution < 1.29 is 24.5 Å². The molecule has 6 heteroatoms. The third-order valence-corrected chi connectivity index (χ3v) is 10.1. The molecule has 3 N–H and O–H groups in total. The lowest BCUT2D eigenvalue weighted by atomic mass is 10.1. The Morgan fingerprint density at radius 1 is 0.509 bits per heavy atom. The fourth-order valence-corrected chi connectivity index (χ4v) is 6.56. The second-order valence-corrected chi connectivity index (χ2v) is 15.4. The minimum atomic E-state index is -0.865. The number of rotatable bonds is 41. The van der Waals surface area contributed by atoms with Gasteiger partial charge >= 0.3 is 5.97 Å². The number of aliphatic hydroxyl groups excluding tert-OH is 2. The first-order chi connectivity index (χ1) is 26.0. The summed E-state index contributed by atoms with van der Waals surface area (Å²) >= 11 is 0. The van der Waals surface area contributed by atoms with Crippen LogP contribution in [-0.4, -0.2) is 47.4 Å². The molecule has 0 aromatic carbocycles. The number of carbonyl (C=O) groups is 2. The van der Waals surface area contributed by atoms with E-state index >= 15 is 0 Å². The van der Waals surface area contributed by atoms with Crippen LogP contribution in [0.4, 0.5) is 0 Å². The van der Waals surface area contributed by atoms with Gasteiger partial charge in [-0.15, -0.1) is 0 Å². The van der Waals surface area contributed by atoms with E-state index in [1.165, 1.54) is 122 Å². The molecule has 0 aliphatic rings. The number of carbonyl (C=O) groups excluding carboxylic acids is 2. The molecule has 0 fully saturated rings. The Kier molecular flexibility index (Phi) is 41.3. The predicted octanol–water partition coefficient (Wildman–Crippen LogP) is 12.9. The third kappa shape index (κ3) is 39.6. The van der Waals surface area contributed by atoms with Crippen LogP contribution in [0.15, 0.2) is 36.5 Å². The smallest absolute Gasteiger partial charge is 0.305 e. The average Bonchev–Trinajstić information content (AvgIpc) is 3.16. The SMILES string of the molecule is CCCCCCCC/C=C\CCCCCCCC(=O)OCCCC/C=C\CCCCCCC(=O)NC(CO)C(O)/C=C/CCCCCCCCCCC. The predicted molar refractivity (Wildman–Crippen MR) is 227 cm³/mol.